The van der Waals surface area contributed by atoms with Gasteiger partial charge in [0.25, 0.3) is 5.69 Å². The smallest absolute Gasteiger partial charge is 0.258 e. The van der Waals surface area contributed by atoms with Gasteiger partial charge in [0.1, 0.15) is 0 Å². The predicted octanol–water partition coefficient (Wildman–Crippen LogP) is 4.08. The van der Waals surface area contributed by atoms with Crippen LogP contribution in [0.2, 0.25) is 0 Å². The standard InChI is InChI=1S/C17H19NO4S/c1-3-13(2)14-8-10-16(11-9-14)23(21,22)12-15-6-4-5-7-17(15)18(19)20/h4-11,13H,3,12H2,1-2H3. The number of para-hydroxylation sites is 1. The summed E-state index contributed by atoms with van der Waals surface area (Å²) in [5.41, 5.74) is 1.10. The highest BCUT2D eigenvalue weighted by Gasteiger charge is 2.21. The fourth-order valence-corrected chi connectivity index (χ4v) is 3.71. The molecule has 0 saturated heterocycles. The highest BCUT2D eigenvalue weighted by atomic mass is 32.2. The lowest BCUT2D eigenvalue weighted by Crippen LogP contribution is -2.07. The summed E-state index contributed by atoms with van der Waals surface area (Å²) in [6.45, 7) is 4.15. The molecule has 1 atom stereocenters. The molecule has 1 unspecified atom stereocenters. The van der Waals surface area contributed by atoms with Crippen LogP contribution >= 0.6 is 0 Å². The van der Waals surface area contributed by atoms with Gasteiger partial charge in [-0.1, -0.05) is 44.2 Å². The van der Waals surface area contributed by atoms with Crippen molar-refractivity contribution >= 4 is 15.5 Å². The van der Waals surface area contributed by atoms with Gasteiger partial charge in [-0.2, -0.15) is 0 Å². The average Bonchev–Trinajstić information content (AvgIpc) is 2.54. The van der Waals surface area contributed by atoms with E-state index in [0.717, 1.165) is 12.0 Å². The molecule has 0 heterocycles. The van der Waals surface area contributed by atoms with Crippen LogP contribution in [0.4, 0.5) is 5.69 Å². The maximum atomic E-state index is 12.5. The van der Waals surface area contributed by atoms with Crippen LogP contribution in [-0.4, -0.2) is 13.3 Å². The lowest BCUT2D eigenvalue weighted by molar-refractivity contribution is -0.385. The van der Waals surface area contributed by atoms with Crippen LogP contribution in [0.15, 0.2) is 53.4 Å². The summed E-state index contributed by atoms with van der Waals surface area (Å²) in [5, 5.41) is 11.0. The summed E-state index contributed by atoms with van der Waals surface area (Å²) < 4.78 is 25.0. The molecule has 2 aromatic carbocycles. The molecule has 0 N–H and O–H groups in total. The molecule has 0 aliphatic heterocycles. The third kappa shape index (κ3) is 3.96. The number of nitrogens with zero attached hydrogens (tertiary/aromatic N) is 1. The maximum absolute atomic E-state index is 12.5. The minimum absolute atomic E-state index is 0.174. The molecule has 2 rings (SSSR count). The van der Waals surface area contributed by atoms with E-state index in [2.05, 4.69) is 13.8 Å². The number of benzene rings is 2. The normalized spacial score (nSPS) is 12.8. The second kappa shape index (κ2) is 6.91. The molecular weight excluding hydrogens is 314 g/mol. The van der Waals surface area contributed by atoms with E-state index in [4.69, 9.17) is 0 Å². The van der Waals surface area contributed by atoms with Gasteiger partial charge < -0.3 is 0 Å². The van der Waals surface area contributed by atoms with Crippen molar-refractivity contribution in [3.63, 3.8) is 0 Å². The molecule has 0 aromatic heterocycles. The van der Waals surface area contributed by atoms with Crippen molar-refractivity contribution in [3.05, 3.63) is 69.8 Å². The van der Waals surface area contributed by atoms with Crippen molar-refractivity contribution in [2.75, 3.05) is 0 Å². The number of nitro benzene ring substituents is 1. The Morgan fingerprint density at radius 2 is 1.70 bits per heavy atom. The average molecular weight is 333 g/mol. The molecule has 0 saturated carbocycles. The number of sulfone groups is 1. The highest BCUT2D eigenvalue weighted by molar-refractivity contribution is 7.90. The molecule has 122 valence electrons. The quantitative estimate of drug-likeness (QED) is 0.589. The van der Waals surface area contributed by atoms with Crippen molar-refractivity contribution in [2.45, 2.75) is 36.8 Å². The lowest BCUT2D eigenvalue weighted by atomic mass is 9.99. The molecule has 0 bridgehead atoms. The molecule has 0 aliphatic carbocycles. The maximum Gasteiger partial charge on any atom is 0.273 e. The molecule has 0 radical (unpaired) electrons. The summed E-state index contributed by atoms with van der Waals surface area (Å²) in [7, 11) is -3.62. The first kappa shape index (κ1) is 17.1. The minimum Gasteiger partial charge on any atom is -0.258 e. The predicted molar refractivity (Wildman–Crippen MR) is 89.1 cm³/mol. The van der Waals surface area contributed by atoms with Gasteiger partial charge >= 0.3 is 0 Å². The van der Waals surface area contributed by atoms with Gasteiger partial charge in [0.15, 0.2) is 9.84 Å². The van der Waals surface area contributed by atoms with Crippen molar-refractivity contribution in [2.24, 2.45) is 0 Å². The summed E-state index contributed by atoms with van der Waals surface area (Å²) in [6.07, 6.45) is 0.975. The van der Waals surface area contributed by atoms with E-state index >= 15 is 0 Å². The van der Waals surface area contributed by atoms with Gasteiger partial charge in [0.2, 0.25) is 0 Å². The molecule has 5 nitrogen and oxygen atoms in total. The number of hydrogen-bond donors (Lipinski definition) is 0. The van der Waals surface area contributed by atoms with Gasteiger partial charge in [-0.25, -0.2) is 8.42 Å². The van der Waals surface area contributed by atoms with Gasteiger partial charge in [-0.15, -0.1) is 0 Å². The fraction of sp³-hybridized carbons (Fsp3) is 0.294. The topological polar surface area (TPSA) is 77.3 Å². The van der Waals surface area contributed by atoms with Gasteiger partial charge in [0, 0.05) is 11.6 Å². The van der Waals surface area contributed by atoms with Gasteiger partial charge in [0.05, 0.1) is 15.6 Å². The Hall–Kier alpha value is -2.21. The number of rotatable bonds is 6. The molecule has 6 heteroatoms. The summed E-state index contributed by atoms with van der Waals surface area (Å²) in [6, 6.07) is 12.7. The van der Waals surface area contributed by atoms with Crippen molar-refractivity contribution in [3.8, 4) is 0 Å². The van der Waals surface area contributed by atoms with E-state index in [1.807, 2.05) is 0 Å². The Morgan fingerprint density at radius 3 is 2.26 bits per heavy atom. The lowest BCUT2D eigenvalue weighted by Gasteiger charge is -2.10. The molecule has 23 heavy (non-hydrogen) atoms. The molecular formula is C17H19NO4S. The first-order valence-electron chi connectivity index (χ1n) is 7.40. The summed E-state index contributed by atoms with van der Waals surface area (Å²) in [5.74, 6) is -0.0192. The van der Waals surface area contributed by atoms with E-state index in [1.54, 1.807) is 30.3 Å². The van der Waals surface area contributed by atoms with Crippen LogP contribution in [0.3, 0.4) is 0 Å². The molecule has 2 aromatic rings. The van der Waals surface area contributed by atoms with Crippen LogP contribution in [0.1, 0.15) is 37.3 Å². The molecule has 0 aliphatic rings. The second-order valence-electron chi connectivity index (χ2n) is 5.52. The minimum atomic E-state index is -3.62. The Bertz CT molecular complexity index is 798. The molecule has 0 fully saturated rings. The summed E-state index contributed by atoms with van der Waals surface area (Å²) >= 11 is 0. The molecule has 0 amide bonds. The van der Waals surface area contributed by atoms with Crippen LogP contribution in [0.5, 0.6) is 0 Å². The Balaban J connectivity index is 2.31. The number of nitro groups is 1. The third-order valence-corrected chi connectivity index (χ3v) is 5.64. The van der Waals surface area contributed by atoms with Crippen LogP contribution in [0.25, 0.3) is 0 Å². The second-order valence-corrected chi connectivity index (χ2v) is 7.51. The van der Waals surface area contributed by atoms with Gasteiger partial charge in [-0.05, 0) is 30.0 Å². The first-order chi connectivity index (χ1) is 10.8. The van der Waals surface area contributed by atoms with Crippen LogP contribution in [0, 0.1) is 10.1 Å². The highest BCUT2D eigenvalue weighted by Crippen LogP contribution is 2.25. The van der Waals surface area contributed by atoms with Gasteiger partial charge in [-0.3, -0.25) is 10.1 Å². The Labute approximate surface area is 136 Å². The zero-order valence-electron chi connectivity index (χ0n) is 13.1. The number of hydrogen-bond acceptors (Lipinski definition) is 4. The van der Waals surface area contributed by atoms with E-state index in [0.29, 0.717) is 5.92 Å². The van der Waals surface area contributed by atoms with E-state index in [9.17, 15) is 18.5 Å². The Morgan fingerprint density at radius 1 is 1.09 bits per heavy atom. The van der Waals surface area contributed by atoms with Crippen molar-refractivity contribution in [1.82, 2.24) is 0 Å². The first-order valence-corrected chi connectivity index (χ1v) is 9.05. The van der Waals surface area contributed by atoms with Crippen molar-refractivity contribution in [1.29, 1.82) is 0 Å². The van der Waals surface area contributed by atoms with Crippen LogP contribution in [-0.2, 0) is 15.6 Å². The Kier molecular flexibility index (Phi) is 5.15. The zero-order chi connectivity index (χ0) is 17.0. The largest absolute Gasteiger partial charge is 0.273 e. The van der Waals surface area contributed by atoms with E-state index in [-0.39, 0.29) is 21.9 Å². The van der Waals surface area contributed by atoms with E-state index < -0.39 is 14.8 Å². The zero-order valence-corrected chi connectivity index (χ0v) is 13.9. The van der Waals surface area contributed by atoms with Crippen LogP contribution < -0.4 is 0 Å². The molecule has 0 spiro atoms. The third-order valence-electron chi connectivity index (χ3n) is 3.95. The monoisotopic (exact) mass is 333 g/mol. The fourth-order valence-electron chi connectivity index (χ4n) is 2.34. The SMILES string of the molecule is CCC(C)c1ccc(S(=O)(=O)Cc2ccccc2[N+](=O)[O-])cc1. The summed E-state index contributed by atoms with van der Waals surface area (Å²) in [4.78, 5) is 10.6. The van der Waals surface area contributed by atoms with E-state index in [1.165, 1.54) is 18.2 Å². The van der Waals surface area contributed by atoms with Crippen molar-refractivity contribution < 1.29 is 13.3 Å².